The largest absolute Gasteiger partial charge is 0.398 e. The number of hydrogen-bond acceptors (Lipinski definition) is 4. The van der Waals surface area contributed by atoms with Crippen LogP contribution in [0.1, 0.15) is 18.2 Å². The standard InChI is InChI=1S/C16H23N3OS/c1-13(11-15-5-3-10-21-15)18(2)8-4-9-19-12-14(17)6-7-16(19)20/h3,5-7,10,12-13H,4,8-9,11,17H2,1-2H3. The zero-order valence-corrected chi connectivity index (χ0v) is 13.5. The van der Waals surface area contributed by atoms with Gasteiger partial charge < -0.3 is 15.2 Å². The van der Waals surface area contributed by atoms with E-state index in [0.717, 1.165) is 19.4 Å². The van der Waals surface area contributed by atoms with E-state index in [1.165, 1.54) is 10.9 Å². The highest BCUT2D eigenvalue weighted by molar-refractivity contribution is 7.09. The second-order valence-electron chi connectivity index (χ2n) is 5.46. The fourth-order valence-electron chi connectivity index (χ4n) is 2.31. The van der Waals surface area contributed by atoms with E-state index in [1.807, 2.05) is 0 Å². The van der Waals surface area contributed by atoms with Crippen LogP contribution in [0.2, 0.25) is 0 Å². The molecule has 2 heterocycles. The molecule has 5 heteroatoms. The van der Waals surface area contributed by atoms with E-state index in [4.69, 9.17) is 5.73 Å². The van der Waals surface area contributed by atoms with Crippen molar-refractivity contribution in [3.8, 4) is 0 Å². The Labute approximate surface area is 129 Å². The van der Waals surface area contributed by atoms with Crippen molar-refractivity contribution in [3.63, 3.8) is 0 Å². The summed E-state index contributed by atoms with van der Waals surface area (Å²) in [5.74, 6) is 0. The first kappa shape index (κ1) is 15.8. The van der Waals surface area contributed by atoms with Gasteiger partial charge in [-0.15, -0.1) is 11.3 Å². The first-order valence-corrected chi connectivity index (χ1v) is 8.13. The lowest BCUT2D eigenvalue weighted by atomic mass is 10.2. The van der Waals surface area contributed by atoms with E-state index in [-0.39, 0.29) is 5.56 Å². The minimum Gasteiger partial charge on any atom is -0.398 e. The minimum absolute atomic E-state index is 0.0125. The molecule has 2 aromatic heterocycles. The molecule has 0 aliphatic heterocycles. The predicted octanol–water partition coefficient (Wildman–Crippen LogP) is 2.45. The molecule has 2 N–H and O–H groups in total. The van der Waals surface area contributed by atoms with E-state index in [0.29, 0.717) is 18.3 Å². The first-order chi connectivity index (χ1) is 10.1. The number of nitrogens with two attached hydrogens (primary N) is 1. The Balaban J connectivity index is 1.79. The number of thiophene rings is 1. The Morgan fingerprint density at radius 3 is 2.90 bits per heavy atom. The highest BCUT2D eigenvalue weighted by Crippen LogP contribution is 2.13. The summed E-state index contributed by atoms with van der Waals surface area (Å²) in [6.07, 6.45) is 3.73. The third kappa shape index (κ3) is 4.72. The molecule has 0 bridgehead atoms. The van der Waals surface area contributed by atoms with Crippen LogP contribution in [0.5, 0.6) is 0 Å². The quantitative estimate of drug-likeness (QED) is 0.855. The van der Waals surface area contributed by atoms with Gasteiger partial charge in [-0.1, -0.05) is 6.07 Å². The number of likely N-dealkylation sites (N-methyl/N-ethyl adjacent to an activating group) is 1. The lowest BCUT2D eigenvalue weighted by Gasteiger charge is -2.24. The highest BCUT2D eigenvalue weighted by atomic mass is 32.1. The van der Waals surface area contributed by atoms with Gasteiger partial charge in [-0.05, 0) is 50.9 Å². The van der Waals surface area contributed by atoms with E-state index < -0.39 is 0 Å². The van der Waals surface area contributed by atoms with Gasteiger partial charge in [-0.25, -0.2) is 0 Å². The van der Waals surface area contributed by atoms with Crippen molar-refractivity contribution in [3.05, 3.63) is 51.1 Å². The lowest BCUT2D eigenvalue weighted by Crippen LogP contribution is -2.32. The van der Waals surface area contributed by atoms with Crippen molar-refractivity contribution in [1.29, 1.82) is 0 Å². The molecule has 1 unspecified atom stereocenters. The molecule has 2 rings (SSSR count). The summed E-state index contributed by atoms with van der Waals surface area (Å²) in [5, 5.41) is 2.12. The molecule has 0 radical (unpaired) electrons. The van der Waals surface area contributed by atoms with Crippen molar-refractivity contribution in [1.82, 2.24) is 9.47 Å². The predicted molar refractivity (Wildman–Crippen MR) is 89.8 cm³/mol. The average Bonchev–Trinajstić information content (AvgIpc) is 2.95. The normalized spacial score (nSPS) is 12.7. The Bertz CT molecular complexity index is 606. The van der Waals surface area contributed by atoms with Crippen LogP contribution in [0.4, 0.5) is 5.69 Å². The van der Waals surface area contributed by atoms with Crippen LogP contribution in [0.25, 0.3) is 0 Å². The minimum atomic E-state index is 0.0125. The van der Waals surface area contributed by atoms with E-state index in [2.05, 4.69) is 36.4 Å². The molecule has 0 aliphatic rings. The topological polar surface area (TPSA) is 51.3 Å². The monoisotopic (exact) mass is 305 g/mol. The smallest absolute Gasteiger partial charge is 0.250 e. The molecule has 0 aliphatic carbocycles. The molecule has 0 saturated carbocycles. The summed E-state index contributed by atoms with van der Waals surface area (Å²) in [6.45, 7) is 3.92. The van der Waals surface area contributed by atoms with E-state index >= 15 is 0 Å². The SMILES string of the molecule is CC(Cc1cccs1)N(C)CCCn1cc(N)ccc1=O. The molecule has 0 spiro atoms. The molecule has 1 atom stereocenters. The third-order valence-electron chi connectivity index (χ3n) is 3.75. The van der Waals surface area contributed by atoms with Gasteiger partial charge in [0.25, 0.3) is 5.56 Å². The van der Waals surface area contributed by atoms with Crippen LogP contribution < -0.4 is 11.3 Å². The summed E-state index contributed by atoms with van der Waals surface area (Å²) in [5.41, 5.74) is 6.36. The molecule has 2 aromatic rings. The fraction of sp³-hybridized carbons (Fsp3) is 0.438. The molecule has 0 amide bonds. The van der Waals surface area contributed by atoms with Gasteiger partial charge in [0.1, 0.15) is 0 Å². The molecule has 0 fully saturated rings. The Morgan fingerprint density at radius 2 is 2.19 bits per heavy atom. The molecular formula is C16H23N3OS. The van der Waals surface area contributed by atoms with Gasteiger partial charge in [-0.2, -0.15) is 0 Å². The van der Waals surface area contributed by atoms with Gasteiger partial charge >= 0.3 is 0 Å². The van der Waals surface area contributed by atoms with Crippen molar-refractivity contribution >= 4 is 17.0 Å². The van der Waals surface area contributed by atoms with Gasteiger partial charge in [0, 0.05) is 35.4 Å². The van der Waals surface area contributed by atoms with Crippen LogP contribution in [0.15, 0.2) is 40.6 Å². The maximum Gasteiger partial charge on any atom is 0.250 e. The van der Waals surface area contributed by atoms with E-state index in [9.17, 15) is 4.79 Å². The zero-order chi connectivity index (χ0) is 15.2. The molecule has 0 aromatic carbocycles. The lowest BCUT2D eigenvalue weighted by molar-refractivity contribution is 0.249. The number of aryl methyl sites for hydroxylation is 1. The summed E-state index contributed by atoms with van der Waals surface area (Å²) >= 11 is 1.81. The molecule has 4 nitrogen and oxygen atoms in total. The zero-order valence-electron chi connectivity index (χ0n) is 12.7. The van der Waals surface area contributed by atoms with Crippen molar-refractivity contribution in [2.75, 3.05) is 19.3 Å². The maximum atomic E-state index is 11.7. The highest BCUT2D eigenvalue weighted by Gasteiger charge is 2.10. The van der Waals surface area contributed by atoms with Crippen LogP contribution in [-0.4, -0.2) is 29.1 Å². The first-order valence-electron chi connectivity index (χ1n) is 7.25. The fourth-order valence-corrected chi connectivity index (χ4v) is 3.14. The molecular weight excluding hydrogens is 282 g/mol. The average molecular weight is 305 g/mol. The summed E-state index contributed by atoms with van der Waals surface area (Å²) in [7, 11) is 2.14. The summed E-state index contributed by atoms with van der Waals surface area (Å²) in [4.78, 5) is 15.5. The number of hydrogen-bond donors (Lipinski definition) is 1. The molecule has 0 saturated heterocycles. The molecule has 114 valence electrons. The Morgan fingerprint density at radius 1 is 1.38 bits per heavy atom. The Kier molecular flexibility index (Phi) is 5.59. The van der Waals surface area contributed by atoms with Gasteiger partial charge in [0.05, 0.1) is 0 Å². The van der Waals surface area contributed by atoms with Crippen molar-refractivity contribution < 1.29 is 0 Å². The van der Waals surface area contributed by atoms with Crippen molar-refractivity contribution in [2.45, 2.75) is 32.4 Å². The summed E-state index contributed by atoms with van der Waals surface area (Å²) in [6, 6.07) is 7.95. The second kappa shape index (κ2) is 7.43. The van der Waals surface area contributed by atoms with Crippen LogP contribution in [0.3, 0.4) is 0 Å². The van der Waals surface area contributed by atoms with Crippen LogP contribution in [0, 0.1) is 0 Å². The van der Waals surface area contributed by atoms with Crippen LogP contribution in [-0.2, 0) is 13.0 Å². The number of pyridine rings is 1. The Hall–Kier alpha value is -1.59. The number of aromatic nitrogens is 1. The second-order valence-corrected chi connectivity index (χ2v) is 6.49. The number of anilines is 1. The van der Waals surface area contributed by atoms with Gasteiger partial charge in [-0.3, -0.25) is 4.79 Å². The number of nitrogen functional groups attached to an aromatic ring is 1. The number of rotatable bonds is 7. The maximum absolute atomic E-state index is 11.7. The third-order valence-corrected chi connectivity index (χ3v) is 4.64. The molecule has 21 heavy (non-hydrogen) atoms. The van der Waals surface area contributed by atoms with Gasteiger partial charge in [0.2, 0.25) is 0 Å². The van der Waals surface area contributed by atoms with Gasteiger partial charge in [0.15, 0.2) is 0 Å². The summed E-state index contributed by atoms with van der Waals surface area (Å²) < 4.78 is 1.69. The number of nitrogens with zero attached hydrogens (tertiary/aromatic N) is 2. The van der Waals surface area contributed by atoms with Crippen molar-refractivity contribution in [2.24, 2.45) is 0 Å². The van der Waals surface area contributed by atoms with Crippen LogP contribution >= 0.6 is 11.3 Å². The van der Waals surface area contributed by atoms with E-state index in [1.54, 1.807) is 28.2 Å².